The minimum atomic E-state index is -4.67. The van der Waals surface area contributed by atoms with Gasteiger partial charge in [-0.2, -0.15) is 8.42 Å². The van der Waals surface area contributed by atoms with Gasteiger partial charge in [0, 0.05) is 17.1 Å². The van der Waals surface area contributed by atoms with Crippen LogP contribution in [0.3, 0.4) is 0 Å². The molecule has 0 aromatic carbocycles. The van der Waals surface area contributed by atoms with Gasteiger partial charge in [0.05, 0.1) is 0 Å². The number of hydrogen-bond acceptors (Lipinski definition) is 3. The first kappa shape index (κ1) is 22.5. The SMILES string of the molecule is N.O=S(=O)(O)O.[Fe].[KH]. The van der Waals surface area contributed by atoms with Crippen LogP contribution in [0.1, 0.15) is 0 Å². The second-order valence-electron chi connectivity index (χ2n) is 0.448. The second-order valence-corrected chi connectivity index (χ2v) is 1.34. The van der Waals surface area contributed by atoms with Crippen molar-refractivity contribution >= 4 is 61.8 Å². The van der Waals surface area contributed by atoms with Gasteiger partial charge in [0.25, 0.3) is 0 Å². The molecule has 0 bridgehead atoms. The van der Waals surface area contributed by atoms with Gasteiger partial charge < -0.3 is 6.15 Å². The van der Waals surface area contributed by atoms with Crippen LogP contribution in [0.15, 0.2) is 0 Å². The van der Waals surface area contributed by atoms with Crippen LogP contribution < -0.4 is 6.15 Å². The van der Waals surface area contributed by atoms with E-state index in [1.165, 1.54) is 0 Å². The fourth-order valence-electron chi connectivity index (χ4n) is 0. The summed E-state index contributed by atoms with van der Waals surface area (Å²) >= 11 is 0. The van der Waals surface area contributed by atoms with Gasteiger partial charge in [0.1, 0.15) is 0 Å². The van der Waals surface area contributed by atoms with Gasteiger partial charge in [-0.15, -0.1) is 0 Å². The third-order valence-electron chi connectivity index (χ3n) is 0. The Labute approximate surface area is 101 Å². The standard InChI is InChI=1S/Fe.K.H3N.H2O4S.H/c;;;1-5(2,3)4;/h;;1H3;(H2,1,2,3,4);. The van der Waals surface area contributed by atoms with E-state index < -0.39 is 10.4 Å². The Morgan fingerprint density at radius 3 is 1.12 bits per heavy atom. The molecule has 0 aliphatic carbocycles. The van der Waals surface area contributed by atoms with E-state index in [-0.39, 0.29) is 74.6 Å². The van der Waals surface area contributed by atoms with Crippen LogP contribution in [-0.2, 0) is 27.5 Å². The van der Waals surface area contributed by atoms with E-state index in [1.54, 1.807) is 0 Å². The first-order valence-electron chi connectivity index (χ1n) is 0.698. The zero-order valence-electron chi connectivity index (χ0n) is 3.18. The van der Waals surface area contributed by atoms with Crippen molar-refractivity contribution in [2.45, 2.75) is 0 Å². The fourth-order valence-corrected chi connectivity index (χ4v) is 0. The van der Waals surface area contributed by atoms with Gasteiger partial charge in [-0.3, -0.25) is 9.11 Å². The molecule has 5 nitrogen and oxygen atoms in total. The van der Waals surface area contributed by atoms with Gasteiger partial charge in [0.2, 0.25) is 0 Å². The minimum absolute atomic E-state index is 0. The molecule has 8 heavy (non-hydrogen) atoms. The van der Waals surface area contributed by atoms with Crippen LogP contribution in [0.2, 0.25) is 0 Å². The zero-order chi connectivity index (χ0) is 4.50. The molecule has 0 atom stereocenters. The molecule has 0 saturated heterocycles. The van der Waals surface area contributed by atoms with E-state index in [4.69, 9.17) is 17.5 Å². The Bertz CT molecular complexity index is 99.2. The Morgan fingerprint density at radius 2 is 1.12 bits per heavy atom. The maximum absolute atomic E-state index is 8.74. The summed E-state index contributed by atoms with van der Waals surface area (Å²) in [7, 11) is -4.67. The maximum atomic E-state index is 8.74. The summed E-state index contributed by atoms with van der Waals surface area (Å²) in [6.45, 7) is 0. The van der Waals surface area contributed by atoms with Gasteiger partial charge in [-0.1, -0.05) is 0 Å². The van der Waals surface area contributed by atoms with Gasteiger partial charge in [-0.25, -0.2) is 0 Å². The summed E-state index contributed by atoms with van der Waals surface area (Å²) in [5.41, 5.74) is 0. The summed E-state index contributed by atoms with van der Waals surface area (Å²) in [5, 5.41) is 0. The molecule has 0 aromatic heterocycles. The molecule has 0 rings (SSSR count). The first-order chi connectivity index (χ1) is 2.00. The predicted octanol–water partition coefficient (Wildman–Crippen LogP) is -1.14. The number of hydrogen-bond donors (Lipinski definition) is 3. The van der Waals surface area contributed by atoms with Crippen LogP contribution in [0.4, 0.5) is 0 Å². The summed E-state index contributed by atoms with van der Waals surface area (Å²) in [6.07, 6.45) is 0. The van der Waals surface area contributed by atoms with Crippen molar-refractivity contribution in [1.29, 1.82) is 0 Å². The molecule has 8 heteroatoms. The fraction of sp³-hybridized carbons (Fsp3) is 0. The molecule has 0 radical (unpaired) electrons. The van der Waals surface area contributed by atoms with E-state index in [0.29, 0.717) is 0 Å². The van der Waals surface area contributed by atoms with E-state index in [9.17, 15) is 0 Å². The van der Waals surface area contributed by atoms with Gasteiger partial charge in [-0.05, 0) is 0 Å². The van der Waals surface area contributed by atoms with Gasteiger partial charge >= 0.3 is 61.8 Å². The van der Waals surface area contributed by atoms with Crippen molar-refractivity contribution < 1.29 is 34.6 Å². The average molecular weight is 211 g/mol. The molecule has 0 aliphatic rings. The van der Waals surface area contributed by atoms with E-state index in [2.05, 4.69) is 0 Å². The Hall–Kier alpha value is 1.99. The summed E-state index contributed by atoms with van der Waals surface area (Å²) in [5.74, 6) is 0. The Morgan fingerprint density at radius 1 is 1.12 bits per heavy atom. The average Bonchev–Trinajstić information content (AvgIpc) is 0.722. The van der Waals surface area contributed by atoms with E-state index in [0.717, 1.165) is 0 Å². The molecule has 0 spiro atoms. The van der Waals surface area contributed by atoms with Crippen molar-refractivity contribution in [2.24, 2.45) is 0 Å². The molecule has 5 N–H and O–H groups in total. The van der Waals surface area contributed by atoms with Crippen LogP contribution in [0.25, 0.3) is 0 Å². The molecule has 0 amide bonds. The van der Waals surface area contributed by atoms with Crippen molar-refractivity contribution in [3.63, 3.8) is 0 Å². The molecule has 0 saturated carbocycles. The van der Waals surface area contributed by atoms with Crippen molar-refractivity contribution in [3.05, 3.63) is 0 Å². The molecular weight excluding hydrogens is 205 g/mol. The van der Waals surface area contributed by atoms with Crippen molar-refractivity contribution in [3.8, 4) is 0 Å². The quantitative estimate of drug-likeness (QED) is 0.346. The van der Waals surface area contributed by atoms with Crippen LogP contribution in [0.5, 0.6) is 0 Å². The summed E-state index contributed by atoms with van der Waals surface area (Å²) < 4.78 is 31.6. The first-order valence-corrected chi connectivity index (χ1v) is 2.10. The van der Waals surface area contributed by atoms with Crippen molar-refractivity contribution in [1.82, 2.24) is 6.15 Å². The molecule has 0 aliphatic heterocycles. The summed E-state index contributed by atoms with van der Waals surface area (Å²) in [6, 6.07) is 0. The van der Waals surface area contributed by atoms with Crippen molar-refractivity contribution in [2.75, 3.05) is 0 Å². The third kappa shape index (κ3) is 98.8. The summed E-state index contributed by atoms with van der Waals surface area (Å²) in [4.78, 5) is 0. The van der Waals surface area contributed by atoms with E-state index in [1.807, 2.05) is 0 Å². The number of rotatable bonds is 0. The molecule has 0 unspecified atom stereocenters. The topological polar surface area (TPSA) is 110 Å². The van der Waals surface area contributed by atoms with E-state index >= 15 is 0 Å². The second kappa shape index (κ2) is 8.99. The Balaban J connectivity index is -0.0000000267. The van der Waals surface area contributed by atoms with Crippen LogP contribution >= 0.6 is 0 Å². The monoisotopic (exact) mass is 211 g/mol. The molecule has 0 fully saturated rings. The third-order valence-corrected chi connectivity index (χ3v) is 0. The van der Waals surface area contributed by atoms with Crippen LogP contribution in [0, 0.1) is 0 Å². The molecule has 0 heterocycles. The zero-order valence-corrected chi connectivity index (χ0v) is 5.10. The Kier molecular flexibility index (Phi) is 25.3. The molecule has 0 aromatic rings. The normalized spacial score (nSPS) is 7.25. The van der Waals surface area contributed by atoms with Crippen LogP contribution in [-0.4, -0.2) is 68.9 Å². The predicted molar refractivity (Wildman–Crippen MR) is 26.3 cm³/mol. The molecular formula is H6FeKNO4S. The van der Waals surface area contributed by atoms with Gasteiger partial charge in [0.15, 0.2) is 0 Å². The molecule has 50 valence electrons.